The minimum Gasteiger partial charge on any atom is -0.343 e. The molecular weight excluding hydrogens is 536 g/mol. The summed E-state index contributed by atoms with van der Waals surface area (Å²) in [5.41, 5.74) is 5.01. The topological polar surface area (TPSA) is 81.8 Å². The van der Waals surface area contributed by atoms with Crippen molar-refractivity contribution in [3.05, 3.63) is 71.3 Å². The standard InChI is InChI=1S/C36H50N4O3/c1-22(2)31(39(8)36(43)32(23(3)4)37-35(42)30-19-13-14-20-40(30)24(5)6)21-25(7)34(41)38-33-28-17-11-9-15-26(28)27-16-10-12-18-29(27)33/h9-12,15-18,21-24,30-33H,13-14,19-20H2,1-8H3,(H,37,42)(H,38,41)/t30?,31-,32+/m1/s1. The number of nitrogens with zero attached hydrogens (tertiary/aromatic N) is 2. The zero-order valence-electron chi connectivity index (χ0n) is 27.2. The molecule has 1 unspecified atom stereocenters. The third-order valence-electron chi connectivity index (χ3n) is 9.11. The average Bonchev–Trinajstić information content (AvgIpc) is 3.30. The molecule has 1 fully saturated rings. The number of piperidine rings is 1. The van der Waals surface area contributed by atoms with E-state index in [0.29, 0.717) is 5.57 Å². The third kappa shape index (κ3) is 7.04. The first-order valence-electron chi connectivity index (χ1n) is 15.9. The van der Waals surface area contributed by atoms with E-state index in [1.807, 2.05) is 58.0 Å². The highest BCUT2D eigenvalue weighted by atomic mass is 16.2. The minimum absolute atomic E-state index is 0.0583. The van der Waals surface area contributed by atoms with Crippen LogP contribution in [0.15, 0.2) is 60.2 Å². The van der Waals surface area contributed by atoms with Crippen LogP contribution in [0.4, 0.5) is 0 Å². The number of benzene rings is 2. The Kier molecular flexibility index (Phi) is 10.5. The third-order valence-corrected chi connectivity index (χ3v) is 9.11. The number of hydrogen-bond donors (Lipinski definition) is 2. The van der Waals surface area contributed by atoms with Crippen molar-refractivity contribution < 1.29 is 14.4 Å². The predicted octanol–water partition coefficient (Wildman–Crippen LogP) is 5.71. The number of likely N-dealkylation sites (N-methyl/N-ethyl adjacent to an activating group) is 1. The van der Waals surface area contributed by atoms with Gasteiger partial charge in [-0.2, -0.15) is 0 Å². The van der Waals surface area contributed by atoms with Crippen LogP contribution in [0.1, 0.15) is 84.9 Å². The largest absolute Gasteiger partial charge is 0.343 e. The highest BCUT2D eigenvalue weighted by Crippen LogP contribution is 2.43. The van der Waals surface area contributed by atoms with Crippen LogP contribution in [0.3, 0.4) is 0 Å². The maximum atomic E-state index is 13.9. The van der Waals surface area contributed by atoms with E-state index >= 15 is 0 Å². The maximum Gasteiger partial charge on any atom is 0.247 e. The van der Waals surface area contributed by atoms with Gasteiger partial charge < -0.3 is 15.5 Å². The molecule has 0 saturated carbocycles. The van der Waals surface area contributed by atoms with Gasteiger partial charge >= 0.3 is 0 Å². The van der Waals surface area contributed by atoms with Gasteiger partial charge in [-0.25, -0.2) is 0 Å². The fraction of sp³-hybridized carbons (Fsp3) is 0.528. The molecule has 3 atom stereocenters. The van der Waals surface area contributed by atoms with Gasteiger partial charge in [0.05, 0.1) is 18.1 Å². The fourth-order valence-corrected chi connectivity index (χ4v) is 6.62. The van der Waals surface area contributed by atoms with Gasteiger partial charge in [-0.15, -0.1) is 0 Å². The van der Waals surface area contributed by atoms with Crippen molar-refractivity contribution in [1.29, 1.82) is 0 Å². The van der Waals surface area contributed by atoms with E-state index in [0.717, 1.165) is 48.1 Å². The number of hydrogen-bond acceptors (Lipinski definition) is 4. The first-order valence-corrected chi connectivity index (χ1v) is 15.9. The highest BCUT2D eigenvalue weighted by molar-refractivity contribution is 5.95. The Balaban J connectivity index is 1.50. The molecule has 0 radical (unpaired) electrons. The molecule has 2 aliphatic rings. The van der Waals surface area contributed by atoms with Gasteiger partial charge in [-0.05, 0) is 74.2 Å². The summed E-state index contributed by atoms with van der Waals surface area (Å²) < 4.78 is 0. The molecular formula is C36H50N4O3. The van der Waals surface area contributed by atoms with Gasteiger partial charge in [0.1, 0.15) is 6.04 Å². The Morgan fingerprint density at radius 2 is 1.47 bits per heavy atom. The number of carbonyl (C=O) groups excluding carboxylic acids is 3. The van der Waals surface area contributed by atoms with Crippen molar-refractivity contribution in [1.82, 2.24) is 20.4 Å². The maximum absolute atomic E-state index is 13.9. The lowest BCUT2D eigenvalue weighted by atomic mass is 9.95. The van der Waals surface area contributed by atoms with Crippen molar-refractivity contribution in [2.24, 2.45) is 11.8 Å². The first kappa shape index (κ1) is 32.5. The lowest BCUT2D eigenvalue weighted by Crippen LogP contribution is -2.58. The molecule has 7 heteroatoms. The number of likely N-dealkylation sites (tertiary alicyclic amines) is 1. The Morgan fingerprint density at radius 1 is 0.884 bits per heavy atom. The van der Waals surface area contributed by atoms with Crippen molar-refractivity contribution in [3.8, 4) is 11.1 Å². The smallest absolute Gasteiger partial charge is 0.247 e. The molecule has 7 nitrogen and oxygen atoms in total. The SMILES string of the molecule is CC(=C[C@H](C(C)C)N(C)C(=O)[C@@H](NC(=O)C1CCCCN1C(C)C)C(C)C)C(=O)NC1c2ccccc2-c2ccccc21. The summed E-state index contributed by atoms with van der Waals surface area (Å²) in [5, 5.41) is 6.36. The van der Waals surface area contributed by atoms with Crippen LogP contribution in [0, 0.1) is 11.8 Å². The summed E-state index contributed by atoms with van der Waals surface area (Å²) in [6, 6.07) is 15.2. The Morgan fingerprint density at radius 3 is 2.00 bits per heavy atom. The summed E-state index contributed by atoms with van der Waals surface area (Å²) in [4.78, 5) is 44.9. The van der Waals surface area contributed by atoms with Gasteiger partial charge in [0.2, 0.25) is 17.7 Å². The summed E-state index contributed by atoms with van der Waals surface area (Å²) in [5.74, 6) is -0.403. The molecule has 1 aliphatic carbocycles. The van der Waals surface area contributed by atoms with Gasteiger partial charge in [-0.3, -0.25) is 19.3 Å². The lowest BCUT2D eigenvalue weighted by molar-refractivity contribution is -0.140. The normalized spacial score (nSPS) is 18.8. The van der Waals surface area contributed by atoms with Gasteiger partial charge in [0, 0.05) is 18.7 Å². The number of amides is 3. The average molecular weight is 587 g/mol. The van der Waals surface area contributed by atoms with E-state index in [9.17, 15) is 14.4 Å². The van der Waals surface area contributed by atoms with Gasteiger partial charge in [-0.1, -0.05) is 88.7 Å². The highest BCUT2D eigenvalue weighted by Gasteiger charge is 2.36. The van der Waals surface area contributed by atoms with Crippen LogP contribution in [0.2, 0.25) is 0 Å². The molecule has 0 spiro atoms. The summed E-state index contributed by atoms with van der Waals surface area (Å²) >= 11 is 0. The van der Waals surface area contributed by atoms with Crippen molar-refractivity contribution in [2.75, 3.05) is 13.6 Å². The zero-order chi connectivity index (χ0) is 31.4. The molecule has 3 amide bonds. The van der Waals surface area contributed by atoms with E-state index in [-0.39, 0.29) is 53.7 Å². The van der Waals surface area contributed by atoms with Crippen LogP contribution < -0.4 is 10.6 Å². The van der Waals surface area contributed by atoms with E-state index in [4.69, 9.17) is 0 Å². The second-order valence-electron chi connectivity index (χ2n) is 13.2. The monoisotopic (exact) mass is 586 g/mol. The van der Waals surface area contributed by atoms with Crippen LogP contribution in [-0.4, -0.2) is 65.3 Å². The van der Waals surface area contributed by atoms with E-state index in [1.165, 1.54) is 0 Å². The molecule has 1 aliphatic heterocycles. The second-order valence-corrected chi connectivity index (χ2v) is 13.2. The predicted molar refractivity (Wildman–Crippen MR) is 173 cm³/mol. The first-order chi connectivity index (χ1) is 20.4. The van der Waals surface area contributed by atoms with Crippen LogP contribution in [0.5, 0.6) is 0 Å². The fourth-order valence-electron chi connectivity index (χ4n) is 6.62. The Labute approximate surface area is 258 Å². The van der Waals surface area contributed by atoms with Gasteiger partial charge in [0.15, 0.2) is 0 Å². The molecule has 2 aromatic carbocycles. The van der Waals surface area contributed by atoms with Gasteiger partial charge in [0.25, 0.3) is 0 Å². The van der Waals surface area contributed by atoms with Crippen molar-refractivity contribution >= 4 is 17.7 Å². The molecule has 1 saturated heterocycles. The molecule has 43 heavy (non-hydrogen) atoms. The summed E-state index contributed by atoms with van der Waals surface area (Å²) in [6.07, 6.45) is 4.80. The number of fused-ring (bicyclic) bond motifs is 3. The van der Waals surface area contributed by atoms with Crippen molar-refractivity contribution in [3.63, 3.8) is 0 Å². The zero-order valence-corrected chi connectivity index (χ0v) is 27.2. The number of nitrogens with one attached hydrogen (secondary N) is 2. The van der Waals surface area contributed by atoms with Crippen molar-refractivity contribution in [2.45, 2.75) is 97.9 Å². The number of rotatable bonds is 10. The Bertz CT molecular complexity index is 1300. The summed E-state index contributed by atoms with van der Waals surface area (Å²) in [6.45, 7) is 15.0. The van der Waals surface area contributed by atoms with E-state index in [2.05, 4.69) is 53.6 Å². The van der Waals surface area contributed by atoms with Crippen LogP contribution in [0.25, 0.3) is 11.1 Å². The molecule has 4 rings (SSSR count). The lowest BCUT2D eigenvalue weighted by Gasteiger charge is -2.39. The summed E-state index contributed by atoms with van der Waals surface area (Å²) in [7, 11) is 1.78. The van der Waals surface area contributed by atoms with Crippen LogP contribution >= 0.6 is 0 Å². The second kappa shape index (κ2) is 13.9. The molecule has 0 aromatic heterocycles. The molecule has 2 aromatic rings. The van der Waals surface area contributed by atoms with Crippen LogP contribution in [-0.2, 0) is 14.4 Å². The van der Waals surface area contributed by atoms with E-state index in [1.54, 1.807) is 18.9 Å². The molecule has 2 N–H and O–H groups in total. The quantitative estimate of drug-likeness (QED) is 0.350. The number of carbonyl (C=O) groups is 3. The Hall–Kier alpha value is -3.45. The molecule has 1 heterocycles. The van der Waals surface area contributed by atoms with E-state index < -0.39 is 6.04 Å². The molecule has 232 valence electrons. The minimum atomic E-state index is -0.649. The molecule has 0 bridgehead atoms.